The minimum atomic E-state index is 0. The lowest BCUT2D eigenvalue weighted by atomic mass is 9.97. The summed E-state index contributed by atoms with van der Waals surface area (Å²) in [5, 5.41) is 3.54. The quantitative estimate of drug-likeness (QED) is 0.842. The number of benzene rings is 1. The van der Waals surface area contributed by atoms with Crippen molar-refractivity contribution >= 4 is 28.3 Å². The summed E-state index contributed by atoms with van der Waals surface area (Å²) in [6.45, 7) is 4.81. The van der Waals surface area contributed by atoms with Gasteiger partial charge in [0, 0.05) is 22.6 Å². The van der Waals surface area contributed by atoms with Crippen LogP contribution in [0.3, 0.4) is 0 Å². The van der Waals surface area contributed by atoms with E-state index in [2.05, 4.69) is 44.3 Å². The third-order valence-corrected chi connectivity index (χ3v) is 5.30. The summed E-state index contributed by atoms with van der Waals surface area (Å²) in [7, 11) is 1.77. The van der Waals surface area contributed by atoms with E-state index in [4.69, 9.17) is 4.74 Å². The molecule has 5 heteroatoms. The Balaban J connectivity index is 0.00000176. The molecule has 3 nitrogen and oxygen atoms in total. The maximum Gasteiger partial charge on any atom is 0.123 e. The van der Waals surface area contributed by atoms with E-state index >= 15 is 0 Å². The number of nitrogens with one attached hydrogen (secondary N) is 1. The predicted molar refractivity (Wildman–Crippen MR) is 97.1 cm³/mol. The first-order chi connectivity index (χ1) is 10.3. The van der Waals surface area contributed by atoms with Crippen LogP contribution < -0.4 is 10.1 Å². The van der Waals surface area contributed by atoms with Crippen LogP contribution in [0, 0.1) is 5.92 Å². The molecule has 2 aliphatic heterocycles. The summed E-state index contributed by atoms with van der Waals surface area (Å²) in [6.07, 6.45) is 5.22. The highest BCUT2D eigenvalue weighted by molar-refractivity contribution is 9.10. The van der Waals surface area contributed by atoms with Crippen LogP contribution >= 0.6 is 28.3 Å². The molecule has 2 unspecified atom stereocenters. The van der Waals surface area contributed by atoms with Crippen molar-refractivity contribution in [2.24, 2.45) is 5.92 Å². The van der Waals surface area contributed by atoms with E-state index in [9.17, 15) is 0 Å². The van der Waals surface area contributed by atoms with Gasteiger partial charge in [0.25, 0.3) is 0 Å². The first kappa shape index (κ1) is 18.1. The summed E-state index contributed by atoms with van der Waals surface area (Å²) in [4.78, 5) is 2.67. The third-order valence-electron chi connectivity index (χ3n) is 4.81. The molecule has 0 aromatic heterocycles. The van der Waals surface area contributed by atoms with Crippen LogP contribution in [0.1, 0.15) is 37.3 Å². The molecule has 0 saturated carbocycles. The number of halogens is 2. The van der Waals surface area contributed by atoms with Crippen LogP contribution in [0.2, 0.25) is 0 Å². The van der Waals surface area contributed by atoms with Crippen molar-refractivity contribution in [2.75, 3.05) is 33.3 Å². The number of piperidine rings is 1. The summed E-state index contributed by atoms with van der Waals surface area (Å²) in [5.41, 5.74) is 1.34. The van der Waals surface area contributed by atoms with Crippen LogP contribution in [0.4, 0.5) is 0 Å². The van der Waals surface area contributed by atoms with Crippen molar-refractivity contribution in [2.45, 2.75) is 31.7 Å². The zero-order chi connectivity index (χ0) is 14.7. The molecule has 1 N–H and O–H groups in total. The Kier molecular flexibility index (Phi) is 7.00. The summed E-state index contributed by atoms with van der Waals surface area (Å²) >= 11 is 3.61. The van der Waals surface area contributed by atoms with Gasteiger partial charge < -0.3 is 10.1 Å². The van der Waals surface area contributed by atoms with E-state index in [1.54, 1.807) is 7.11 Å². The number of hydrogen-bond acceptors (Lipinski definition) is 3. The van der Waals surface area contributed by atoms with E-state index in [0.717, 1.165) is 16.1 Å². The smallest absolute Gasteiger partial charge is 0.123 e. The molecule has 0 aliphatic carbocycles. The van der Waals surface area contributed by atoms with Gasteiger partial charge in [-0.2, -0.15) is 0 Å². The van der Waals surface area contributed by atoms with Gasteiger partial charge in [0.1, 0.15) is 5.75 Å². The Morgan fingerprint density at radius 1 is 1.32 bits per heavy atom. The molecular weight excluding hydrogens is 364 g/mol. The second-order valence-electron chi connectivity index (χ2n) is 6.25. The molecule has 0 bridgehead atoms. The van der Waals surface area contributed by atoms with Gasteiger partial charge in [-0.25, -0.2) is 0 Å². The standard InChI is InChI=1S/C17H25BrN2O.ClH/c1-21-17-7-6-14(18)10-15(17)16-5-3-9-20(16)12-13-4-2-8-19-11-13;/h6-7,10,13,16,19H,2-5,8-9,11-12H2,1H3;1H. The topological polar surface area (TPSA) is 24.5 Å². The molecule has 0 amide bonds. The van der Waals surface area contributed by atoms with E-state index in [1.165, 1.54) is 57.4 Å². The Labute approximate surface area is 148 Å². The molecule has 3 rings (SSSR count). The molecule has 2 heterocycles. The molecule has 1 aromatic rings. The number of nitrogens with zero attached hydrogens (tertiary/aromatic N) is 1. The van der Waals surface area contributed by atoms with Gasteiger partial charge in [-0.1, -0.05) is 15.9 Å². The summed E-state index contributed by atoms with van der Waals surface area (Å²) in [6, 6.07) is 6.89. The van der Waals surface area contributed by atoms with E-state index < -0.39 is 0 Å². The zero-order valence-corrected chi connectivity index (χ0v) is 15.6. The molecule has 0 radical (unpaired) electrons. The van der Waals surface area contributed by atoms with Crippen molar-refractivity contribution < 1.29 is 4.74 Å². The molecule has 2 atom stereocenters. The fourth-order valence-corrected chi connectivity index (χ4v) is 4.15. The highest BCUT2D eigenvalue weighted by Gasteiger charge is 2.30. The Bertz CT molecular complexity index is 480. The van der Waals surface area contributed by atoms with E-state index in [-0.39, 0.29) is 12.4 Å². The van der Waals surface area contributed by atoms with Crippen LogP contribution in [0.5, 0.6) is 5.75 Å². The molecule has 2 fully saturated rings. The van der Waals surface area contributed by atoms with Crippen molar-refractivity contribution in [1.29, 1.82) is 0 Å². The largest absolute Gasteiger partial charge is 0.496 e. The van der Waals surface area contributed by atoms with Gasteiger partial charge in [0.2, 0.25) is 0 Å². The lowest BCUT2D eigenvalue weighted by molar-refractivity contribution is 0.193. The average molecular weight is 390 g/mol. The third kappa shape index (κ3) is 4.16. The lowest BCUT2D eigenvalue weighted by Crippen LogP contribution is -2.38. The number of methoxy groups -OCH3 is 1. The second-order valence-corrected chi connectivity index (χ2v) is 7.17. The average Bonchev–Trinajstić information content (AvgIpc) is 2.96. The monoisotopic (exact) mass is 388 g/mol. The molecular formula is C17H26BrClN2O. The highest BCUT2D eigenvalue weighted by Crippen LogP contribution is 2.39. The van der Waals surface area contributed by atoms with Crippen LogP contribution in [-0.2, 0) is 0 Å². The number of rotatable bonds is 4. The minimum Gasteiger partial charge on any atom is -0.496 e. The van der Waals surface area contributed by atoms with E-state index in [1.807, 2.05) is 0 Å². The number of hydrogen-bond donors (Lipinski definition) is 1. The van der Waals surface area contributed by atoms with Crippen molar-refractivity contribution in [3.63, 3.8) is 0 Å². The van der Waals surface area contributed by atoms with Gasteiger partial charge in [-0.3, -0.25) is 4.90 Å². The highest BCUT2D eigenvalue weighted by atomic mass is 79.9. The Hall–Kier alpha value is -0.290. The summed E-state index contributed by atoms with van der Waals surface area (Å²) in [5.74, 6) is 1.83. The molecule has 22 heavy (non-hydrogen) atoms. The number of ether oxygens (including phenoxy) is 1. The first-order valence-electron chi connectivity index (χ1n) is 8.06. The van der Waals surface area contributed by atoms with Crippen molar-refractivity contribution in [3.8, 4) is 5.75 Å². The van der Waals surface area contributed by atoms with Gasteiger partial charge >= 0.3 is 0 Å². The van der Waals surface area contributed by atoms with Gasteiger partial charge in [-0.15, -0.1) is 12.4 Å². The minimum absolute atomic E-state index is 0. The fourth-order valence-electron chi connectivity index (χ4n) is 3.77. The molecule has 2 aliphatic rings. The van der Waals surface area contributed by atoms with Crippen LogP contribution in [0.25, 0.3) is 0 Å². The van der Waals surface area contributed by atoms with Crippen molar-refractivity contribution in [1.82, 2.24) is 10.2 Å². The maximum atomic E-state index is 5.59. The van der Waals surface area contributed by atoms with Crippen LogP contribution in [-0.4, -0.2) is 38.2 Å². The van der Waals surface area contributed by atoms with Gasteiger partial charge in [-0.05, 0) is 69.4 Å². The molecule has 0 spiro atoms. The van der Waals surface area contributed by atoms with Gasteiger partial charge in [0.15, 0.2) is 0 Å². The van der Waals surface area contributed by atoms with Crippen molar-refractivity contribution in [3.05, 3.63) is 28.2 Å². The SMILES string of the molecule is COc1ccc(Br)cc1C1CCCN1CC1CCCNC1.Cl. The first-order valence-corrected chi connectivity index (χ1v) is 8.85. The zero-order valence-electron chi connectivity index (χ0n) is 13.2. The normalized spacial score (nSPS) is 25.7. The van der Waals surface area contributed by atoms with Gasteiger partial charge in [0.05, 0.1) is 7.11 Å². The predicted octanol–water partition coefficient (Wildman–Crippen LogP) is 4.02. The number of likely N-dealkylation sites (tertiary alicyclic amines) is 1. The summed E-state index contributed by atoms with van der Waals surface area (Å²) < 4.78 is 6.73. The fraction of sp³-hybridized carbons (Fsp3) is 0.647. The van der Waals surface area contributed by atoms with E-state index in [0.29, 0.717) is 6.04 Å². The van der Waals surface area contributed by atoms with Crippen LogP contribution in [0.15, 0.2) is 22.7 Å². The Morgan fingerprint density at radius 3 is 2.91 bits per heavy atom. The maximum absolute atomic E-state index is 5.59. The molecule has 1 aromatic carbocycles. The Morgan fingerprint density at radius 2 is 2.18 bits per heavy atom. The molecule has 2 saturated heterocycles. The second kappa shape index (κ2) is 8.53. The lowest BCUT2D eigenvalue weighted by Gasteiger charge is -2.32. The molecule has 124 valence electrons.